The number of carbonyl (C=O) groups excluding carboxylic acids is 1. The van der Waals surface area contributed by atoms with E-state index in [0.717, 1.165) is 9.85 Å². The maximum atomic E-state index is 13.0. The van der Waals surface area contributed by atoms with Gasteiger partial charge >= 0.3 is 0 Å². The lowest BCUT2D eigenvalue weighted by atomic mass is 10.1. The van der Waals surface area contributed by atoms with Gasteiger partial charge in [0.15, 0.2) is 0 Å². The Bertz CT molecular complexity index is 580. The first-order valence-corrected chi connectivity index (χ1v) is 7.19. The molecule has 0 radical (unpaired) electrons. The maximum Gasteiger partial charge on any atom is 0.252 e. The Hall–Kier alpha value is -1.27. The van der Waals surface area contributed by atoms with Gasteiger partial charge in [0.1, 0.15) is 11.6 Å². The SMILES string of the molecule is O=C(NCCc1cc(F)cc(F)c1)c1csc(Br)c1. The molecule has 0 saturated carbocycles. The van der Waals surface area contributed by atoms with Crippen molar-refractivity contribution in [2.45, 2.75) is 6.42 Å². The summed E-state index contributed by atoms with van der Waals surface area (Å²) in [6, 6.07) is 5.07. The van der Waals surface area contributed by atoms with E-state index in [0.29, 0.717) is 24.1 Å². The van der Waals surface area contributed by atoms with Gasteiger partial charge in [-0.1, -0.05) is 0 Å². The molecule has 2 rings (SSSR count). The Labute approximate surface area is 121 Å². The summed E-state index contributed by atoms with van der Waals surface area (Å²) in [7, 11) is 0. The van der Waals surface area contributed by atoms with E-state index in [1.807, 2.05) is 0 Å². The second kappa shape index (κ2) is 6.25. The van der Waals surface area contributed by atoms with Gasteiger partial charge in [-0.25, -0.2) is 8.78 Å². The van der Waals surface area contributed by atoms with Crippen LogP contribution in [-0.4, -0.2) is 12.5 Å². The molecule has 100 valence electrons. The minimum absolute atomic E-state index is 0.196. The van der Waals surface area contributed by atoms with Crippen molar-refractivity contribution in [3.05, 3.63) is 56.2 Å². The number of hydrogen-bond acceptors (Lipinski definition) is 2. The van der Waals surface area contributed by atoms with Gasteiger partial charge in [0.25, 0.3) is 5.91 Å². The normalized spacial score (nSPS) is 10.5. The van der Waals surface area contributed by atoms with Gasteiger partial charge in [0.05, 0.1) is 9.35 Å². The monoisotopic (exact) mass is 345 g/mol. The largest absolute Gasteiger partial charge is 0.352 e. The smallest absolute Gasteiger partial charge is 0.252 e. The van der Waals surface area contributed by atoms with E-state index < -0.39 is 11.6 Å². The predicted molar refractivity (Wildman–Crippen MR) is 74.4 cm³/mol. The number of benzene rings is 1. The fraction of sp³-hybridized carbons (Fsp3) is 0.154. The molecule has 1 heterocycles. The number of carbonyl (C=O) groups is 1. The minimum Gasteiger partial charge on any atom is -0.352 e. The quantitative estimate of drug-likeness (QED) is 0.897. The molecule has 6 heteroatoms. The fourth-order valence-electron chi connectivity index (χ4n) is 1.61. The molecule has 0 atom stereocenters. The van der Waals surface area contributed by atoms with Crippen LogP contribution >= 0.6 is 27.3 Å². The van der Waals surface area contributed by atoms with Crippen LogP contribution in [0.4, 0.5) is 8.78 Å². The highest BCUT2D eigenvalue weighted by atomic mass is 79.9. The fourth-order valence-corrected chi connectivity index (χ4v) is 2.74. The predicted octanol–water partition coefficient (Wildman–Crippen LogP) is 3.76. The molecular formula is C13H10BrF2NOS. The maximum absolute atomic E-state index is 13.0. The molecule has 1 aromatic heterocycles. The molecule has 1 amide bonds. The van der Waals surface area contributed by atoms with Gasteiger partial charge in [0, 0.05) is 18.0 Å². The van der Waals surface area contributed by atoms with Gasteiger partial charge in [-0.05, 0) is 46.1 Å². The average molecular weight is 346 g/mol. The molecular weight excluding hydrogens is 336 g/mol. The molecule has 0 spiro atoms. The van der Waals surface area contributed by atoms with Crippen LogP contribution in [-0.2, 0) is 6.42 Å². The number of thiophene rings is 1. The Morgan fingerprint density at radius 2 is 1.89 bits per heavy atom. The molecule has 0 bridgehead atoms. The van der Waals surface area contributed by atoms with E-state index in [-0.39, 0.29) is 5.91 Å². The molecule has 0 unspecified atom stereocenters. The van der Waals surface area contributed by atoms with E-state index in [2.05, 4.69) is 21.2 Å². The van der Waals surface area contributed by atoms with Crippen LogP contribution in [0.2, 0.25) is 0 Å². The molecule has 0 fully saturated rings. The van der Waals surface area contributed by atoms with Crippen molar-refractivity contribution >= 4 is 33.2 Å². The van der Waals surface area contributed by atoms with Crippen LogP contribution in [0, 0.1) is 11.6 Å². The topological polar surface area (TPSA) is 29.1 Å². The Balaban J connectivity index is 1.88. The number of amides is 1. The van der Waals surface area contributed by atoms with Crippen molar-refractivity contribution in [2.24, 2.45) is 0 Å². The van der Waals surface area contributed by atoms with Crippen LogP contribution in [0.1, 0.15) is 15.9 Å². The Morgan fingerprint density at radius 1 is 1.21 bits per heavy atom. The zero-order chi connectivity index (χ0) is 13.8. The van der Waals surface area contributed by atoms with Crippen LogP contribution < -0.4 is 5.32 Å². The Morgan fingerprint density at radius 3 is 2.47 bits per heavy atom. The third kappa shape index (κ3) is 4.11. The molecule has 19 heavy (non-hydrogen) atoms. The number of rotatable bonds is 4. The van der Waals surface area contributed by atoms with E-state index in [9.17, 15) is 13.6 Å². The highest BCUT2D eigenvalue weighted by molar-refractivity contribution is 9.11. The molecule has 0 aliphatic rings. The van der Waals surface area contributed by atoms with Gasteiger partial charge in [-0.2, -0.15) is 0 Å². The molecule has 1 aromatic carbocycles. The zero-order valence-electron chi connectivity index (χ0n) is 9.75. The summed E-state index contributed by atoms with van der Waals surface area (Å²) in [5.41, 5.74) is 1.09. The summed E-state index contributed by atoms with van der Waals surface area (Å²) in [6.45, 7) is 0.329. The second-order valence-electron chi connectivity index (χ2n) is 3.92. The average Bonchev–Trinajstić information content (AvgIpc) is 2.74. The molecule has 0 aliphatic heterocycles. The van der Waals surface area contributed by atoms with E-state index in [1.165, 1.54) is 23.5 Å². The first-order valence-electron chi connectivity index (χ1n) is 5.52. The van der Waals surface area contributed by atoms with Crippen molar-refractivity contribution in [1.29, 1.82) is 0 Å². The summed E-state index contributed by atoms with van der Waals surface area (Å²) in [5.74, 6) is -1.41. The summed E-state index contributed by atoms with van der Waals surface area (Å²) in [6.07, 6.45) is 0.381. The van der Waals surface area contributed by atoms with Crippen LogP contribution in [0.25, 0.3) is 0 Å². The first-order chi connectivity index (χ1) is 9.04. The highest BCUT2D eigenvalue weighted by Crippen LogP contribution is 2.20. The molecule has 0 aliphatic carbocycles. The summed E-state index contributed by atoms with van der Waals surface area (Å²) < 4.78 is 26.8. The van der Waals surface area contributed by atoms with Crippen LogP contribution in [0.15, 0.2) is 33.4 Å². The van der Waals surface area contributed by atoms with Crippen LogP contribution in [0.3, 0.4) is 0 Å². The van der Waals surface area contributed by atoms with Crippen molar-refractivity contribution in [3.8, 4) is 0 Å². The molecule has 2 aromatic rings. The summed E-state index contributed by atoms with van der Waals surface area (Å²) >= 11 is 4.70. The minimum atomic E-state index is -0.608. The number of hydrogen-bond donors (Lipinski definition) is 1. The van der Waals surface area contributed by atoms with Crippen molar-refractivity contribution < 1.29 is 13.6 Å². The zero-order valence-corrected chi connectivity index (χ0v) is 12.2. The lowest BCUT2D eigenvalue weighted by molar-refractivity contribution is 0.0954. The van der Waals surface area contributed by atoms with Crippen molar-refractivity contribution in [3.63, 3.8) is 0 Å². The van der Waals surface area contributed by atoms with E-state index in [4.69, 9.17) is 0 Å². The van der Waals surface area contributed by atoms with Gasteiger partial charge < -0.3 is 5.32 Å². The third-order valence-corrected chi connectivity index (χ3v) is 3.96. The lowest BCUT2D eigenvalue weighted by Crippen LogP contribution is -2.25. The standard InChI is InChI=1S/C13H10BrF2NOS/c14-12-5-9(7-19-12)13(18)17-2-1-8-3-10(15)6-11(16)4-8/h3-7H,1-2H2,(H,17,18). The first kappa shape index (κ1) is 14.1. The summed E-state index contributed by atoms with van der Waals surface area (Å²) in [4.78, 5) is 11.7. The molecule has 1 N–H and O–H groups in total. The molecule has 0 saturated heterocycles. The highest BCUT2D eigenvalue weighted by Gasteiger charge is 2.07. The lowest BCUT2D eigenvalue weighted by Gasteiger charge is -2.04. The van der Waals surface area contributed by atoms with Gasteiger partial charge in [0.2, 0.25) is 0 Å². The summed E-state index contributed by atoms with van der Waals surface area (Å²) in [5, 5.41) is 4.44. The Kier molecular flexibility index (Phi) is 4.66. The number of halogens is 3. The number of nitrogens with one attached hydrogen (secondary N) is 1. The van der Waals surface area contributed by atoms with Gasteiger partial charge in [-0.3, -0.25) is 4.79 Å². The van der Waals surface area contributed by atoms with Crippen molar-refractivity contribution in [1.82, 2.24) is 5.32 Å². The van der Waals surface area contributed by atoms with E-state index >= 15 is 0 Å². The van der Waals surface area contributed by atoms with Crippen LogP contribution in [0.5, 0.6) is 0 Å². The van der Waals surface area contributed by atoms with Crippen molar-refractivity contribution in [2.75, 3.05) is 6.54 Å². The second-order valence-corrected chi connectivity index (χ2v) is 6.21. The molecule has 2 nitrogen and oxygen atoms in total. The van der Waals surface area contributed by atoms with E-state index in [1.54, 1.807) is 11.4 Å². The third-order valence-electron chi connectivity index (χ3n) is 2.45. The van der Waals surface area contributed by atoms with Gasteiger partial charge in [-0.15, -0.1) is 11.3 Å².